The molecule has 0 atom stereocenters. The van der Waals surface area contributed by atoms with E-state index in [-0.39, 0.29) is 11.3 Å². The topological polar surface area (TPSA) is 79.5 Å². The summed E-state index contributed by atoms with van der Waals surface area (Å²) in [5.74, 6) is 0.0436. The van der Waals surface area contributed by atoms with Gasteiger partial charge in [-0.15, -0.1) is 0 Å². The van der Waals surface area contributed by atoms with Crippen LogP contribution in [0.25, 0.3) is 17.5 Å². The van der Waals surface area contributed by atoms with Crippen LogP contribution >= 0.6 is 23.2 Å². The van der Waals surface area contributed by atoms with Gasteiger partial charge in [0.05, 0.1) is 16.0 Å². The smallest absolute Gasteiger partial charge is 0.309 e. The third-order valence-electron chi connectivity index (χ3n) is 7.15. The van der Waals surface area contributed by atoms with Crippen LogP contribution in [0, 0.1) is 5.92 Å². The van der Waals surface area contributed by atoms with Crippen molar-refractivity contribution in [2.45, 2.75) is 44.1 Å². The highest BCUT2D eigenvalue weighted by Gasteiger charge is 2.33. The number of hydrogen-bond donors (Lipinski definition) is 1. The van der Waals surface area contributed by atoms with E-state index in [9.17, 15) is 4.79 Å². The van der Waals surface area contributed by atoms with Crippen molar-refractivity contribution in [3.05, 3.63) is 75.6 Å². The molecule has 35 heavy (non-hydrogen) atoms. The SMILES string of the molecule is O=C(O)C1CN(Cc2ccc(-c3noc(C=CC4(c5ccc(Cl)c(Cl)c5)CCCCC4)n3)cc2)C1. The molecule has 8 heteroatoms. The van der Waals surface area contributed by atoms with E-state index in [1.807, 2.05) is 42.5 Å². The van der Waals surface area contributed by atoms with Gasteiger partial charge < -0.3 is 9.63 Å². The Bertz CT molecular complexity index is 1230. The van der Waals surface area contributed by atoms with Gasteiger partial charge in [0.25, 0.3) is 5.89 Å². The fourth-order valence-electron chi connectivity index (χ4n) is 5.06. The lowest BCUT2D eigenvalue weighted by Crippen LogP contribution is -2.49. The van der Waals surface area contributed by atoms with Crippen LogP contribution in [0.15, 0.2) is 53.1 Å². The lowest BCUT2D eigenvalue weighted by molar-refractivity contribution is -0.147. The van der Waals surface area contributed by atoms with Gasteiger partial charge in [-0.05, 0) is 36.1 Å². The highest BCUT2D eigenvalue weighted by atomic mass is 35.5. The zero-order valence-electron chi connectivity index (χ0n) is 19.3. The molecule has 2 aromatic carbocycles. The van der Waals surface area contributed by atoms with E-state index in [1.54, 1.807) is 0 Å². The number of carbonyl (C=O) groups is 1. The van der Waals surface area contributed by atoms with Gasteiger partial charge in [0, 0.05) is 36.7 Å². The number of nitrogens with zero attached hydrogens (tertiary/aromatic N) is 3. The molecule has 1 aromatic heterocycles. The van der Waals surface area contributed by atoms with E-state index in [1.165, 1.54) is 6.42 Å². The number of likely N-dealkylation sites (tertiary alicyclic amines) is 1. The van der Waals surface area contributed by atoms with Crippen molar-refractivity contribution in [3.63, 3.8) is 0 Å². The van der Waals surface area contributed by atoms with E-state index in [2.05, 4.69) is 27.2 Å². The maximum atomic E-state index is 11.0. The van der Waals surface area contributed by atoms with Crippen LogP contribution < -0.4 is 0 Å². The molecule has 3 aromatic rings. The van der Waals surface area contributed by atoms with Gasteiger partial charge in [0.2, 0.25) is 5.82 Å². The molecule has 1 aliphatic carbocycles. The fraction of sp³-hybridized carbons (Fsp3) is 0.370. The summed E-state index contributed by atoms with van der Waals surface area (Å²) in [6, 6.07) is 13.9. The molecule has 0 radical (unpaired) electrons. The molecule has 1 N–H and O–H groups in total. The van der Waals surface area contributed by atoms with Crippen LogP contribution in [0.4, 0.5) is 0 Å². The van der Waals surface area contributed by atoms with Crippen molar-refractivity contribution in [1.82, 2.24) is 15.0 Å². The van der Waals surface area contributed by atoms with Crippen molar-refractivity contribution >= 4 is 35.2 Å². The Morgan fingerprint density at radius 1 is 1.09 bits per heavy atom. The highest BCUT2D eigenvalue weighted by Crippen LogP contribution is 2.42. The zero-order chi connectivity index (χ0) is 24.4. The average molecular weight is 512 g/mol. The molecule has 0 spiro atoms. The second-order valence-electron chi connectivity index (χ2n) is 9.56. The fourth-order valence-corrected chi connectivity index (χ4v) is 5.36. The van der Waals surface area contributed by atoms with Crippen molar-refractivity contribution in [2.24, 2.45) is 5.92 Å². The first kappa shape index (κ1) is 24.0. The molecule has 1 saturated carbocycles. The summed E-state index contributed by atoms with van der Waals surface area (Å²) in [6.07, 6.45) is 9.71. The van der Waals surface area contributed by atoms with E-state index in [0.29, 0.717) is 34.8 Å². The van der Waals surface area contributed by atoms with Gasteiger partial charge in [-0.3, -0.25) is 9.69 Å². The number of halogens is 2. The van der Waals surface area contributed by atoms with E-state index < -0.39 is 5.97 Å². The molecule has 5 rings (SSSR count). The first-order valence-corrected chi connectivity index (χ1v) is 12.7. The van der Waals surface area contributed by atoms with Gasteiger partial charge in [0.1, 0.15) is 0 Å². The molecule has 0 unspecified atom stereocenters. The Morgan fingerprint density at radius 3 is 2.51 bits per heavy atom. The van der Waals surface area contributed by atoms with Crippen LogP contribution in [0.3, 0.4) is 0 Å². The maximum Gasteiger partial charge on any atom is 0.309 e. The predicted molar refractivity (Wildman–Crippen MR) is 136 cm³/mol. The minimum atomic E-state index is -0.718. The van der Waals surface area contributed by atoms with Gasteiger partial charge in [-0.25, -0.2) is 0 Å². The van der Waals surface area contributed by atoms with E-state index in [0.717, 1.165) is 48.9 Å². The summed E-state index contributed by atoms with van der Waals surface area (Å²) in [7, 11) is 0. The second-order valence-corrected chi connectivity index (χ2v) is 10.4. The molecule has 1 aliphatic heterocycles. The van der Waals surface area contributed by atoms with Crippen LogP contribution in [0.1, 0.15) is 49.1 Å². The summed E-state index contributed by atoms with van der Waals surface area (Å²) in [6.45, 7) is 1.93. The summed E-state index contributed by atoms with van der Waals surface area (Å²) >= 11 is 12.5. The van der Waals surface area contributed by atoms with Gasteiger partial charge in [0.15, 0.2) is 0 Å². The summed E-state index contributed by atoms with van der Waals surface area (Å²) < 4.78 is 5.53. The Kier molecular flexibility index (Phi) is 6.96. The maximum absolute atomic E-state index is 11.0. The zero-order valence-corrected chi connectivity index (χ0v) is 20.8. The molecule has 2 heterocycles. The second kappa shape index (κ2) is 10.1. The highest BCUT2D eigenvalue weighted by molar-refractivity contribution is 6.42. The van der Waals surface area contributed by atoms with Crippen LogP contribution in [0.2, 0.25) is 10.0 Å². The number of aromatic nitrogens is 2. The van der Waals surface area contributed by atoms with E-state index in [4.69, 9.17) is 32.8 Å². The summed E-state index contributed by atoms with van der Waals surface area (Å²) in [4.78, 5) is 17.7. The molecule has 2 aliphatic rings. The summed E-state index contributed by atoms with van der Waals surface area (Å²) in [5.41, 5.74) is 3.04. The minimum absolute atomic E-state index is 0.126. The lowest BCUT2D eigenvalue weighted by atomic mass is 9.69. The quantitative estimate of drug-likeness (QED) is 0.391. The van der Waals surface area contributed by atoms with Crippen LogP contribution in [0.5, 0.6) is 0 Å². The number of aliphatic carboxylic acids is 1. The Morgan fingerprint density at radius 2 is 1.83 bits per heavy atom. The number of hydrogen-bond acceptors (Lipinski definition) is 5. The van der Waals surface area contributed by atoms with Crippen molar-refractivity contribution < 1.29 is 14.4 Å². The molecule has 6 nitrogen and oxygen atoms in total. The van der Waals surface area contributed by atoms with Crippen molar-refractivity contribution in [3.8, 4) is 11.4 Å². The largest absolute Gasteiger partial charge is 0.481 e. The van der Waals surface area contributed by atoms with Gasteiger partial charge in [-0.1, -0.05) is 84.0 Å². The number of allylic oxidation sites excluding steroid dienone is 1. The monoisotopic (exact) mass is 511 g/mol. The Balaban J connectivity index is 1.28. The number of benzene rings is 2. The standard InChI is InChI=1S/C27H27Cl2N3O3/c28-22-9-8-21(14-23(22)29)27(11-2-1-3-12-27)13-10-24-30-25(31-35-24)19-6-4-18(5-7-19)15-32-16-20(17-32)26(33)34/h4-10,13-14,20H,1-3,11-12,15-17H2,(H,33,34). The van der Waals surface area contributed by atoms with Crippen molar-refractivity contribution in [2.75, 3.05) is 13.1 Å². The van der Waals surface area contributed by atoms with Crippen LogP contribution in [-0.4, -0.2) is 39.2 Å². The predicted octanol–water partition coefficient (Wildman–Crippen LogP) is 6.48. The molecule has 0 bridgehead atoms. The average Bonchev–Trinajstić information content (AvgIpc) is 3.31. The van der Waals surface area contributed by atoms with Crippen LogP contribution in [-0.2, 0) is 16.8 Å². The summed E-state index contributed by atoms with van der Waals surface area (Å²) in [5, 5.41) is 14.3. The Labute approximate surface area is 214 Å². The third kappa shape index (κ3) is 5.30. The normalized spacial score (nSPS) is 18.6. The Hall–Kier alpha value is -2.67. The first-order chi connectivity index (χ1) is 16.9. The molecular formula is C27H27Cl2N3O3. The lowest BCUT2D eigenvalue weighted by Gasteiger charge is -2.36. The molecular weight excluding hydrogens is 485 g/mol. The van der Waals surface area contributed by atoms with Gasteiger partial charge in [-0.2, -0.15) is 4.98 Å². The number of rotatable bonds is 7. The first-order valence-electron chi connectivity index (χ1n) is 11.9. The van der Waals surface area contributed by atoms with Crippen molar-refractivity contribution in [1.29, 1.82) is 0 Å². The minimum Gasteiger partial charge on any atom is -0.481 e. The van der Waals surface area contributed by atoms with E-state index >= 15 is 0 Å². The molecule has 2 fully saturated rings. The van der Waals surface area contributed by atoms with Gasteiger partial charge >= 0.3 is 5.97 Å². The molecule has 1 saturated heterocycles. The molecule has 182 valence electrons. The molecule has 0 amide bonds. The third-order valence-corrected chi connectivity index (χ3v) is 7.89. The number of carboxylic acid groups (broad SMARTS) is 1. The number of carboxylic acids is 1.